The Morgan fingerprint density at radius 2 is 1.89 bits per heavy atom. The first-order valence-electron chi connectivity index (χ1n) is 8.67. The van der Waals surface area contributed by atoms with Gasteiger partial charge in [-0.2, -0.15) is 10.2 Å². The van der Waals surface area contributed by atoms with Gasteiger partial charge in [0.05, 0.1) is 17.6 Å². The highest BCUT2D eigenvalue weighted by Gasteiger charge is 2.11. The molecule has 0 aliphatic rings. The van der Waals surface area contributed by atoms with Crippen molar-refractivity contribution in [2.75, 3.05) is 0 Å². The van der Waals surface area contributed by atoms with Gasteiger partial charge in [-0.25, -0.2) is 14.1 Å². The topological polar surface area (TPSA) is 71.4 Å². The SMILES string of the molecule is C[C@H](NCc1cn[nH]c1-c1ccc(F)cc1)c1ccc(-n2cncn2)cc1. The zero-order valence-corrected chi connectivity index (χ0v) is 14.8. The quantitative estimate of drug-likeness (QED) is 0.549. The number of benzene rings is 2. The fourth-order valence-electron chi connectivity index (χ4n) is 2.95. The maximum atomic E-state index is 13.1. The highest BCUT2D eigenvalue weighted by Crippen LogP contribution is 2.22. The molecular formula is C20H19FN6. The molecule has 0 spiro atoms. The second kappa shape index (κ2) is 7.51. The molecule has 0 radical (unpaired) electrons. The van der Waals surface area contributed by atoms with E-state index in [-0.39, 0.29) is 11.9 Å². The van der Waals surface area contributed by atoms with E-state index in [4.69, 9.17) is 0 Å². The molecule has 0 aliphatic carbocycles. The number of H-pyrrole nitrogens is 1. The van der Waals surface area contributed by atoms with E-state index in [9.17, 15) is 4.39 Å². The molecule has 2 aromatic carbocycles. The molecule has 0 saturated carbocycles. The number of nitrogens with zero attached hydrogens (tertiary/aromatic N) is 4. The second-order valence-electron chi connectivity index (χ2n) is 6.31. The van der Waals surface area contributed by atoms with Crippen molar-refractivity contribution in [3.05, 3.63) is 84.3 Å². The molecule has 0 amide bonds. The molecule has 136 valence electrons. The van der Waals surface area contributed by atoms with Crippen LogP contribution in [0.2, 0.25) is 0 Å². The van der Waals surface area contributed by atoms with Crippen LogP contribution in [0.5, 0.6) is 0 Å². The number of aromatic amines is 1. The lowest BCUT2D eigenvalue weighted by atomic mass is 10.1. The standard InChI is InChI=1S/C20H19FN6/c1-14(15-4-8-19(9-5-15)27-13-22-12-25-27)23-10-17-11-24-26-20(17)16-2-6-18(21)7-3-16/h2-9,11-14,23H,10H2,1H3,(H,24,26)/t14-/m0/s1. The van der Waals surface area contributed by atoms with Crippen molar-refractivity contribution < 1.29 is 4.39 Å². The molecule has 0 fully saturated rings. The van der Waals surface area contributed by atoms with Gasteiger partial charge < -0.3 is 5.32 Å². The molecule has 6 nitrogen and oxygen atoms in total. The maximum absolute atomic E-state index is 13.1. The average molecular weight is 362 g/mol. The average Bonchev–Trinajstić information content (AvgIpc) is 3.39. The molecule has 7 heteroatoms. The van der Waals surface area contributed by atoms with E-state index in [0.717, 1.165) is 22.5 Å². The Morgan fingerprint density at radius 3 is 2.59 bits per heavy atom. The van der Waals surface area contributed by atoms with Crippen molar-refractivity contribution >= 4 is 0 Å². The summed E-state index contributed by atoms with van der Waals surface area (Å²) < 4.78 is 14.9. The first-order chi connectivity index (χ1) is 13.2. The first-order valence-corrected chi connectivity index (χ1v) is 8.67. The largest absolute Gasteiger partial charge is 0.306 e. The number of hydrogen-bond donors (Lipinski definition) is 2. The fraction of sp³-hybridized carbons (Fsp3) is 0.150. The van der Waals surface area contributed by atoms with Gasteiger partial charge >= 0.3 is 0 Å². The monoisotopic (exact) mass is 362 g/mol. The molecule has 2 N–H and O–H groups in total. The van der Waals surface area contributed by atoms with Gasteiger partial charge in [0.1, 0.15) is 18.5 Å². The van der Waals surface area contributed by atoms with Crippen molar-refractivity contribution in [2.24, 2.45) is 0 Å². The highest BCUT2D eigenvalue weighted by molar-refractivity contribution is 5.62. The third kappa shape index (κ3) is 3.78. The smallest absolute Gasteiger partial charge is 0.138 e. The Labute approximate surface area is 156 Å². The van der Waals surface area contributed by atoms with Crippen LogP contribution in [0, 0.1) is 5.82 Å². The molecule has 0 bridgehead atoms. The summed E-state index contributed by atoms with van der Waals surface area (Å²) in [4.78, 5) is 3.96. The van der Waals surface area contributed by atoms with Crippen LogP contribution in [0.15, 0.2) is 67.4 Å². The van der Waals surface area contributed by atoms with Gasteiger partial charge in [0.2, 0.25) is 0 Å². The lowest BCUT2D eigenvalue weighted by Gasteiger charge is -2.15. The van der Waals surface area contributed by atoms with Crippen LogP contribution >= 0.6 is 0 Å². The normalized spacial score (nSPS) is 12.2. The molecule has 27 heavy (non-hydrogen) atoms. The molecule has 4 rings (SSSR count). The Bertz CT molecular complexity index is 990. The third-order valence-electron chi connectivity index (χ3n) is 4.53. The molecular weight excluding hydrogens is 343 g/mol. The van der Waals surface area contributed by atoms with Gasteiger partial charge in [-0.15, -0.1) is 0 Å². The lowest BCUT2D eigenvalue weighted by molar-refractivity contribution is 0.575. The predicted molar refractivity (Wildman–Crippen MR) is 101 cm³/mol. The summed E-state index contributed by atoms with van der Waals surface area (Å²) in [6.07, 6.45) is 4.99. The number of aromatic nitrogens is 5. The van der Waals surface area contributed by atoms with E-state index in [2.05, 4.69) is 44.7 Å². The zero-order valence-electron chi connectivity index (χ0n) is 14.8. The number of hydrogen-bond acceptors (Lipinski definition) is 4. The van der Waals surface area contributed by atoms with Gasteiger partial charge in [0.15, 0.2) is 0 Å². The zero-order chi connectivity index (χ0) is 18.6. The minimum Gasteiger partial charge on any atom is -0.306 e. The minimum absolute atomic E-state index is 0.158. The van der Waals surface area contributed by atoms with Crippen molar-refractivity contribution in [3.8, 4) is 16.9 Å². The molecule has 0 aliphatic heterocycles. The number of rotatable bonds is 6. The Morgan fingerprint density at radius 1 is 1.11 bits per heavy atom. The van der Waals surface area contributed by atoms with Crippen LogP contribution in [0.1, 0.15) is 24.1 Å². The fourth-order valence-corrected chi connectivity index (χ4v) is 2.95. The van der Waals surface area contributed by atoms with Gasteiger partial charge in [-0.1, -0.05) is 12.1 Å². The van der Waals surface area contributed by atoms with Gasteiger partial charge in [-0.05, 0) is 48.9 Å². The number of halogens is 1. The van der Waals surface area contributed by atoms with Crippen LogP contribution < -0.4 is 5.32 Å². The Hall–Kier alpha value is -3.32. The molecule has 2 aromatic heterocycles. The van der Waals surface area contributed by atoms with E-state index in [1.807, 2.05) is 12.1 Å². The Kier molecular flexibility index (Phi) is 4.76. The van der Waals surface area contributed by atoms with Crippen molar-refractivity contribution in [1.29, 1.82) is 0 Å². The number of nitrogens with one attached hydrogen (secondary N) is 2. The van der Waals surface area contributed by atoms with E-state index in [0.29, 0.717) is 6.54 Å². The first kappa shape index (κ1) is 17.1. The summed E-state index contributed by atoms with van der Waals surface area (Å²) in [7, 11) is 0. The van der Waals surface area contributed by atoms with Crippen LogP contribution in [-0.4, -0.2) is 25.0 Å². The minimum atomic E-state index is -0.249. The predicted octanol–water partition coefficient (Wildman–Crippen LogP) is 3.65. The van der Waals surface area contributed by atoms with Crippen LogP contribution in [-0.2, 0) is 6.54 Å². The molecule has 0 saturated heterocycles. The van der Waals surface area contributed by atoms with Gasteiger partial charge in [0.25, 0.3) is 0 Å². The van der Waals surface area contributed by atoms with E-state index in [1.165, 1.54) is 24.0 Å². The summed E-state index contributed by atoms with van der Waals surface area (Å²) >= 11 is 0. The van der Waals surface area contributed by atoms with E-state index in [1.54, 1.807) is 29.3 Å². The van der Waals surface area contributed by atoms with Crippen molar-refractivity contribution in [1.82, 2.24) is 30.3 Å². The summed E-state index contributed by atoms with van der Waals surface area (Å²) in [5, 5.41) is 14.8. The van der Waals surface area contributed by atoms with Crippen molar-refractivity contribution in [3.63, 3.8) is 0 Å². The summed E-state index contributed by atoms with van der Waals surface area (Å²) in [6.45, 7) is 2.76. The lowest BCUT2D eigenvalue weighted by Crippen LogP contribution is -2.18. The maximum Gasteiger partial charge on any atom is 0.138 e. The molecule has 1 atom stereocenters. The Balaban J connectivity index is 1.43. The van der Waals surface area contributed by atoms with E-state index < -0.39 is 0 Å². The summed E-state index contributed by atoms with van der Waals surface area (Å²) in [5.74, 6) is -0.249. The molecule has 4 aromatic rings. The van der Waals surface area contributed by atoms with Gasteiger partial charge in [-0.3, -0.25) is 5.10 Å². The van der Waals surface area contributed by atoms with Crippen molar-refractivity contribution in [2.45, 2.75) is 19.5 Å². The second-order valence-corrected chi connectivity index (χ2v) is 6.31. The molecule has 0 unspecified atom stereocenters. The van der Waals surface area contributed by atoms with Crippen LogP contribution in [0.25, 0.3) is 16.9 Å². The van der Waals surface area contributed by atoms with E-state index >= 15 is 0 Å². The van der Waals surface area contributed by atoms with Gasteiger partial charge in [0, 0.05) is 23.7 Å². The van der Waals surface area contributed by atoms with Crippen LogP contribution in [0.3, 0.4) is 0 Å². The highest BCUT2D eigenvalue weighted by atomic mass is 19.1. The van der Waals surface area contributed by atoms with Crippen LogP contribution in [0.4, 0.5) is 4.39 Å². The third-order valence-corrected chi connectivity index (χ3v) is 4.53. The molecule has 2 heterocycles. The summed E-state index contributed by atoms with van der Waals surface area (Å²) in [6, 6.07) is 14.7. The summed E-state index contributed by atoms with van der Waals surface area (Å²) in [5.41, 5.74) is 4.99.